The molecule has 4 nitrogen and oxygen atoms in total. The van der Waals surface area contributed by atoms with Crippen molar-refractivity contribution >= 4 is 27.5 Å². The third-order valence-corrected chi connectivity index (χ3v) is 5.00. The molecule has 0 aliphatic rings. The molecule has 0 fully saturated rings. The van der Waals surface area contributed by atoms with Gasteiger partial charge < -0.3 is 5.73 Å². The van der Waals surface area contributed by atoms with Crippen molar-refractivity contribution in [1.29, 1.82) is 0 Å². The Balaban J connectivity index is 2.95. The van der Waals surface area contributed by atoms with Crippen LogP contribution < -0.4 is 10.5 Å². The molecule has 0 radical (unpaired) electrons. The van der Waals surface area contributed by atoms with Gasteiger partial charge in [0.15, 0.2) is 0 Å². The third-order valence-electron chi connectivity index (χ3n) is 2.74. The number of nitrogens with two attached hydrogens (primary N) is 1. The van der Waals surface area contributed by atoms with E-state index in [2.05, 4.69) is 4.72 Å². The van der Waals surface area contributed by atoms with E-state index in [0.29, 0.717) is 5.69 Å². The van der Waals surface area contributed by atoms with Crippen LogP contribution in [-0.4, -0.2) is 26.5 Å². The molecule has 0 heterocycles. The van der Waals surface area contributed by atoms with Crippen LogP contribution in [0.25, 0.3) is 0 Å². The highest BCUT2D eigenvalue weighted by Gasteiger charge is 2.19. The lowest BCUT2D eigenvalue weighted by molar-refractivity contribution is 0.558. The third kappa shape index (κ3) is 3.90. The number of hydrogen-bond donors (Lipinski definition) is 2. The SMILES string of the molecule is CCC(CSC)NS(=O)(=O)c1ccc(C)c(N)c1. The van der Waals surface area contributed by atoms with Gasteiger partial charge in [-0.1, -0.05) is 13.0 Å². The molecule has 1 unspecified atom stereocenters. The molecule has 6 heteroatoms. The van der Waals surface area contributed by atoms with Crippen molar-refractivity contribution in [2.24, 2.45) is 0 Å². The lowest BCUT2D eigenvalue weighted by Crippen LogP contribution is -2.36. The van der Waals surface area contributed by atoms with Crippen LogP contribution in [0.5, 0.6) is 0 Å². The summed E-state index contributed by atoms with van der Waals surface area (Å²) in [5, 5.41) is 0. The van der Waals surface area contributed by atoms with Crippen LogP contribution in [0.3, 0.4) is 0 Å². The fraction of sp³-hybridized carbons (Fsp3) is 0.500. The quantitative estimate of drug-likeness (QED) is 0.785. The Kier molecular flexibility index (Phi) is 5.49. The Morgan fingerprint density at radius 1 is 1.44 bits per heavy atom. The van der Waals surface area contributed by atoms with E-state index in [4.69, 9.17) is 5.73 Å². The van der Waals surface area contributed by atoms with Gasteiger partial charge in [0.1, 0.15) is 0 Å². The van der Waals surface area contributed by atoms with E-state index in [1.54, 1.807) is 23.9 Å². The van der Waals surface area contributed by atoms with Crippen LogP contribution in [0.15, 0.2) is 23.1 Å². The first-order chi connectivity index (χ1) is 8.40. The molecule has 0 saturated heterocycles. The van der Waals surface area contributed by atoms with Crippen LogP contribution in [0.1, 0.15) is 18.9 Å². The zero-order valence-corrected chi connectivity index (χ0v) is 12.6. The minimum Gasteiger partial charge on any atom is -0.398 e. The maximum absolute atomic E-state index is 12.2. The molecule has 1 aromatic rings. The number of aryl methyl sites for hydroxylation is 1. The van der Waals surface area contributed by atoms with Gasteiger partial charge in [-0.05, 0) is 37.3 Å². The molecule has 1 aromatic carbocycles. The first-order valence-electron chi connectivity index (χ1n) is 5.78. The van der Waals surface area contributed by atoms with Crippen molar-refractivity contribution in [1.82, 2.24) is 4.72 Å². The molecule has 0 spiro atoms. The number of rotatable bonds is 6. The Bertz CT molecular complexity index is 501. The van der Waals surface area contributed by atoms with Gasteiger partial charge in [0, 0.05) is 17.5 Å². The molecule has 0 bridgehead atoms. The van der Waals surface area contributed by atoms with E-state index in [-0.39, 0.29) is 10.9 Å². The van der Waals surface area contributed by atoms with Crippen molar-refractivity contribution in [3.63, 3.8) is 0 Å². The molecule has 102 valence electrons. The smallest absolute Gasteiger partial charge is 0.240 e. The van der Waals surface area contributed by atoms with Crippen LogP contribution in [-0.2, 0) is 10.0 Å². The van der Waals surface area contributed by atoms with Crippen molar-refractivity contribution in [3.05, 3.63) is 23.8 Å². The molecule has 0 saturated carbocycles. The van der Waals surface area contributed by atoms with E-state index >= 15 is 0 Å². The second kappa shape index (κ2) is 6.45. The summed E-state index contributed by atoms with van der Waals surface area (Å²) < 4.78 is 27.0. The maximum atomic E-state index is 12.2. The van der Waals surface area contributed by atoms with Gasteiger partial charge in [-0.3, -0.25) is 0 Å². The second-order valence-corrected chi connectivity index (χ2v) is 6.82. The van der Waals surface area contributed by atoms with Gasteiger partial charge in [0.05, 0.1) is 4.90 Å². The van der Waals surface area contributed by atoms with Gasteiger partial charge in [0.2, 0.25) is 10.0 Å². The molecule has 0 aliphatic heterocycles. The van der Waals surface area contributed by atoms with Crippen molar-refractivity contribution in [2.45, 2.75) is 31.2 Å². The molecule has 1 atom stereocenters. The number of benzene rings is 1. The summed E-state index contributed by atoms with van der Waals surface area (Å²) in [4.78, 5) is 0.227. The molecule has 1 rings (SSSR count). The Labute approximate surface area is 113 Å². The highest BCUT2D eigenvalue weighted by atomic mass is 32.2. The topological polar surface area (TPSA) is 72.2 Å². The number of nitrogen functional groups attached to an aromatic ring is 1. The Hall–Kier alpha value is -0.720. The van der Waals surface area contributed by atoms with Crippen molar-refractivity contribution in [2.75, 3.05) is 17.7 Å². The molecule has 18 heavy (non-hydrogen) atoms. The fourth-order valence-corrected chi connectivity index (χ4v) is 3.69. The second-order valence-electron chi connectivity index (χ2n) is 4.20. The summed E-state index contributed by atoms with van der Waals surface area (Å²) in [7, 11) is -3.48. The lowest BCUT2D eigenvalue weighted by atomic mass is 10.2. The molecule has 0 amide bonds. The van der Waals surface area contributed by atoms with Crippen molar-refractivity contribution < 1.29 is 8.42 Å². The normalized spacial score (nSPS) is 13.5. The van der Waals surface area contributed by atoms with Gasteiger partial charge in [-0.25, -0.2) is 13.1 Å². The summed E-state index contributed by atoms with van der Waals surface area (Å²) in [5.41, 5.74) is 7.12. The summed E-state index contributed by atoms with van der Waals surface area (Å²) in [6.07, 6.45) is 2.72. The molecular formula is C12H20N2O2S2. The first-order valence-corrected chi connectivity index (χ1v) is 8.65. The standard InChI is InChI=1S/C12H20N2O2S2/c1-4-10(8-17-3)14-18(15,16)11-6-5-9(2)12(13)7-11/h5-7,10,14H,4,8,13H2,1-3H3. The summed E-state index contributed by atoms with van der Waals surface area (Å²) in [5.74, 6) is 0.761. The summed E-state index contributed by atoms with van der Waals surface area (Å²) >= 11 is 1.62. The average Bonchev–Trinajstić information content (AvgIpc) is 2.31. The molecule has 0 aromatic heterocycles. The summed E-state index contributed by atoms with van der Waals surface area (Å²) in [6, 6.07) is 4.76. The van der Waals surface area contributed by atoms with E-state index in [1.165, 1.54) is 6.07 Å². The maximum Gasteiger partial charge on any atom is 0.240 e. The number of anilines is 1. The molecule has 0 aliphatic carbocycles. The zero-order valence-electron chi connectivity index (χ0n) is 10.9. The van der Waals surface area contributed by atoms with Gasteiger partial charge in [-0.2, -0.15) is 11.8 Å². The largest absolute Gasteiger partial charge is 0.398 e. The van der Waals surface area contributed by atoms with Crippen LogP contribution in [0, 0.1) is 6.92 Å². The summed E-state index contributed by atoms with van der Waals surface area (Å²) in [6.45, 7) is 3.81. The van der Waals surface area contributed by atoms with E-state index in [1.807, 2.05) is 20.1 Å². The van der Waals surface area contributed by atoms with E-state index in [9.17, 15) is 8.42 Å². The highest BCUT2D eigenvalue weighted by Crippen LogP contribution is 2.18. The monoisotopic (exact) mass is 288 g/mol. The van der Waals surface area contributed by atoms with Gasteiger partial charge >= 0.3 is 0 Å². The van der Waals surface area contributed by atoms with Crippen LogP contribution in [0.2, 0.25) is 0 Å². The minimum atomic E-state index is -3.48. The molecule has 3 N–H and O–H groups in total. The number of hydrogen-bond acceptors (Lipinski definition) is 4. The first kappa shape index (κ1) is 15.3. The Morgan fingerprint density at radius 3 is 2.61 bits per heavy atom. The van der Waals surface area contributed by atoms with E-state index < -0.39 is 10.0 Å². The predicted octanol–water partition coefficient (Wildman–Crippen LogP) is 2.00. The fourth-order valence-electron chi connectivity index (χ4n) is 1.51. The average molecular weight is 288 g/mol. The van der Waals surface area contributed by atoms with Crippen molar-refractivity contribution in [3.8, 4) is 0 Å². The number of thioether (sulfide) groups is 1. The van der Waals surface area contributed by atoms with Crippen LogP contribution >= 0.6 is 11.8 Å². The molecular weight excluding hydrogens is 268 g/mol. The van der Waals surface area contributed by atoms with E-state index in [0.717, 1.165) is 17.7 Å². The number of sulfonamides is 1. The van der Waals surface area contributed by atoms with Gasteiger partial charge in [0.25, 0.3) is 0 Å². The highest BCUT2D eigenvalue weighted by molar-refractivity contribution is 7.98. The van der Waals surface area contributed by atoms with Gasteiger partial charge in [-0.15, -0.1) is 0 Å². The minimum absolute atomic E-state index is 0.0486. The lowest BCUT2D eigenvalue weighted by Gasteiger charge is -2.16. The number of nitrogens with one attached hydrogen (secondary N) is 1. The van der Waals surface area contributed by atoms with Crippen LogP contribution in [0.4, 0.5) is 5.69 Å². The zero-order chi connectivity index (χ0) is 13.8. The Morgan fingerprint density at radius 2 is 2.11 bits per heavy atom. The predicted molar refractivity (Wildman–Crippen MR) is 78.4 cm³/mol.